The highest BCUT2D eigenvalue weighted by Crippen LogP contribution is 2.19. The second kappa shape index (κ2) is 8.70. The second-order valence-corrected chi connectivity index (χ2v) is 5.87. The Hall–Kier alpha value is -3.30. The van der Waals surface area contributed by atoms with Crippen molar-refractivity contribution < 1.29 is 9.59 Å². The van der Waals surface area contributed by atoms with Crippen LogP contribution in [0.1, 0.15) is 12.5 Å². The van der Waals surface area contributed by atoms with Crippen LogP contribution < -0.4 is 16.0 Å². The van der Waals surface area contributed by atoms with Crippen LogP contribution >= 0.6 is 11.6 Å². The number of rotatable bonds is 5. The van der Waals surface area contributed by atoms with Gasteiger partial charge in [-0.15, -0.1) is 0 Å². The van der Waals surface area contributed by atoms with Crippen molar-refractivity contribution in [1.82, 2.24) is 5.32 Å². The van der Waals surface area contributed by atoms with Gasteiger partial charge in [-0.3, -0.25) is 9.59 Å². The standard InChI is InChI=1S/C19H17ClN4O2/c1-13(25)24(18-7-5-17(22)6-8-18)19(26)15(10-21)12-23-11-14-3-2-4-16(20)9-14/h2-9,12,23H,11,22H2,1H3/b15-12-. The van der Waals surface area contributed by atoms with Crippen LogP contribution in [0.15, 0.2) is 60.3 Å². The molecule has 0 heterocycles. The molecule has 0 spiro atoms. The van der Waals surface area contributed by atoms with Gasteiger partial charge in [0.2, 0.25) is 5.91 Å². The molecule has 0 bridgehead atoms. The summed E-state index contributed by atoms with van der Waals surface area (Å²) in [7, 11) is 0. The third-order valence-electron chi connectivity index (χ3n) is 3.46. The maximum Gasteiger partial charge on any atom is 0.277 e. The van der Waals surface area contributed by atoms with Crippen molar-refractivity contribution in [3.63, 3.8) is 0 Å². The molecule has 7 heteroatoms. The second-order valence-electron chi connectivity index (χ2n) is 5.43. The van der Waals surface area contributed by atoms with Crippen molar-refractivity contribution in [2.24, 2.45) is 0 Å². The van der Waals surface area contributed by atoms with E-state index in [1.54, 1.807) is 42.5 Å². The summed E-state index contributed by atoms with van der Waals surface area (Å²) in [4.78, 5) is 25.5. The first-order valence-corrected chi connectivity index (χ1v) is 8.09. The van der Waals surface area contributed by atoms with Gasteiger partial charge in [0.25, 0.3) is 5.91 Å². The van der Waals surface area contributed by atoms with E-state index < -0.39 is 11.8 Å². The molecule has 0 aromatic heterocycles. The zero-order valence-corrected chi connectivity index (χ0v) is 14.8. The summed E-state index contributed by atoms with van der Waals surface area (Å²) >= 11 is 5.92. The molecule has 132 valence electrons. The number of nitriles is 1. The summed E-state index contributed by atoms with van der Waals surface area (Å²) < 4.78 is 0. The summed E-state index contributed by atoms with van der Waals surface area (Å²) in [6, 6.07) is 15.2. The Morgan fingerprint density at radius 2 is 1.96 bits per heavy atom. The van der Waals surface area contributed by atoms with E-state index in [0.29, 0.717) is 22.9 Å². The molecule has 0 atom stereocenters. The van der Waals surface area contributed by atoms with Crippen LogP contribution in [0.25, 0.3) is 0 Å². The van der Waals surface area contributed by atoms with Gasteiger partial charge in [-0.25, -0.2) is 4.90 Å². The molecular formula is C19H17ClN4O2. The molecule has 0 fully saturated rings. The summed E-state index contributed by atoms with van der Waals surface area (Å²) in [5, 5.41) is 12.8. The molecule has 0 unspecified atom stereocenters. The van der Waals surface area contributed by atoms with E-state index in [-0.39, 0.29) is 5.57 Å². The van der Waals surface area contributed by atoms with E-state index in [1.165, 1.54) is 13.1 Å². The smallest absolute Gasteiger partial charge is 0.277 e. The highest BCUT2D eigenvalue weighted by Gasteiger charge is 2.23. The summed E-state index contributed by atoms with van der Waals surface area (Å²) in [5.74, 6) is -1.22. The Bertz CT molecular complexity index is 885. The topological polar surface area (TPSA) is 99.2 Å². The third-order valence-corrected chi connectivity index (χ3v) is 3.70. The molecule has 0 saturated carbocycles. The number of hydrogen-bond donors (Lipinski definition) is 2. The lowest BCUT2D eigenvalue weighted by molar-refractivity contribution is -0.123. The lowest BCUT2D eigenvalue weighted by Crippen LogP contribution is -2.36. The monoisotopic (exact) mass is 368 g/mol. The first-order chi connectivity index (χ1) is 12.4. The number of halogens is 1. The molecule has 0 radical (unpaired) electrons. The van der Waals surface area contributed by atoms with Gasteiger partial charge in [0.1, 0.15) is 11.6 Å². The Balaban J connectivity index is 2.18. The van der Waals surface area contributed by atoms with Crippen molar-refractivity contribution in [2.45, 2.75) is 13.5 Å². The molecule has 3 N–H and O–H groups in total. The lowest BCUT2D eigenvalue weighted by Gasteiger charge is -2.19. The molecule has 2 rings (SSSR count). The molecular weight excluding hydrogens is 352 g/mol. The summed E-state index contributed by atoms with van der Waals surface area (Å²) in [6.07, 6.45) is 1.29. The quantitative estimate of drug-likeness (QED) is 0.480. The zero-order chi connectivity index (χ0) is 19.1. The number of nitrogens with one attached hydrogen (secondary N) is 1. The number of nitrogens with zero attached hydrogens (tertiary/aromatic N) is 2. The lowest BCUT2D eigenvalue weighted by atomic mass is 10.2. The van der Waals surface area contributed by atoms with Gasteiger partial charge in [-0.05, 0) is 42.0 Å². The first kappa shape index (κ1) is 19.0. The average Bonchev–Trinajstić information content (AvgIpc) is 2.60. The van der Waals surface area contributed by atoms with Crippen LogP contribution in [-0.2, 0) is 16.1 Å². The van der Waals surface area contributed by atoms with Gasteiger partial charge in [0, 0.05) is 30.4 Å². The van der Waals surface area contributed by atoms with Crippen molar-refractivity contribution in [1.29, 1.82) is 5.26 Å². The summed E-state index contributed by atoms with van der Waals surface area (Å²) in [5.41, 5.74) is 7.16. The molecule has 0 saturated heterocycles. The Morgan fingerprint density at radius 1 is 1.27 bits per heavy atom. The molecule has 2 aromatic carbocycles. The van der Waals surface area contributed by atoms with E-state index in [0.717, 1.165) is 10.5 Å². The molecule has 6 nitrogen and oxygen atoms in total. The predicted molar refractivity (Wildman–Crippen MR) is 101 cm³/mol. The number of hydrogen-bond acceptors (Lipinski definition) is 5. The van der Waals surface area contributed by atoms with E-state index in [1.807, 2.05) is 12.1 Å². The number of anilines is 2. The van der Waals surface area contributed by atoms with Crippen LogP contribution in [0.3, 0.4) is 0 Å². The largest absolute Gasteiger partial charge is 0.399 e. The molecule has 26 heavy (non-hydrogen) atoms. The van der Waals surface area contributed by atoms with Crippen LogP contribution in [-0.4, -0.2) is 11.8 Å². The van der Waals surface area contributed by atoms with Gasteiger partial charge in [0.15, 0.2) is 0 Å². The average molecular weight is 369 g/mol. The number of amides is 2. The van der Waals surface area contributed by atoms with Crippen molar-refractivity contribution in [3.8, 4) is 6.07 Å². The first-order valence-electron chi connectivity index (χ1n) is 7.71. The van der Waals surface area contributed by atoms with Crippen LogP contribution in [0.4, 0.5) is 11.4 Å². The highest BCUT2D eigenvalue weighted by molar-refractivity contribution is 6.30. The molecule has 0 aliphatic heterocycles. The number of nitrogen functional groups attached to an aromatic ring is 1. The van der Waals surface area contributed by atoms with Gasteiger partial charge >= 0.3 is 0 Å². The predicted octanol–water partition coefficient (Wildman–Crippen LogP) is 3.00. The van der Waals surface area contributed by atoms with E-state index in [9.17, 15) is 14.9 Å². The normalized spacial score (nSPS) is 10.7. The maximum absolute atomic E-state index is 12.6. The number of imide groups is 1. The van der Waals surface area contributed by atoms with E-state index in [2.05, 4.69) is 5.32 Å². The maximum atomic E-state index is 12.6. The van der Waals surface area contributed by atoms with Crippen LogP contribution in [0.5, 0.6) is 0 Å². The van der Waals surface area contributed by atoms with Gasteiger partial charge in [-0.1, -0.05) is 23.7 Å². The molecule has 2 aromatic rings. The molecule has 2 amide bonds. The SMILES string of the molecule is CC(=O)N(C(=O)/C(C#N)=C\NCc1cccc(Cl)c1)c1ccc(N)cc1. The minimum absolute atomic E-state index is 0.195. The number of carbonyl (C=O) groups excluding carboxylic acids is 2. The molecule has 0 aliphatic carbocycles. The van der Waals surface area contributed by atoms with Crippen molar-refractivity contribution >= 4 is 34.8 Å². The fraction of sp³-hybridized carbons (Fsp3) is 0.105. The molecule has 0 aliphatic rings. The van der Waals surface area contributed by atoms with E-state index >= 15 is 0 Å². The Morgan fingerprint density at radius 3 is 2.54 bits per heavy atom. The highest BCUT2D eigenvalue weighted by atomic mass is 35.5. The van der Waals surface area contributed by atoms with Gasteiger partial charge in [0.05, 0.1) is 5.69 Å². The van der Waals surface area contributed by atoms with Gasteiger partial charge in [-0.2, -0.15) is 5.26 Å². The zero-order valence-electron chi connectivity index (χ0n) is 14.1. The number of benzene rings is 2. The van der Waals surface area contributed by atoms with Crippen LogP contribution in [0, 0.1) is 11.3 Å². The van der Waals surface area contributed by atoms with Gasteiger partial charge < -0.3 is 11.1 Å². The number of carbonyl (C=O) groups is 2. The van der Waals surface area contributed by atoms with E-state index in [4.69, 9.17) is 17.3 Å². The Labute approximate surface area is 156 Å². The summed E-state index contributed by atoms with van der Waals surface area (Å²) in [6.45, 7) is 1.63. The Kier molecular flexibility index (Phi) is 6.36. The van der Waals surface area contributed by atoms with Crippen LogP contribution in [0.2, 0.25) is 5.02 Å². The third kappa shape index (κ3) is 4.85. The fourth-order valence-corrected chi connectivity index (χ4v) is 2.46. The van der Waals surface area contributed by atoms with Crippen molar-refractivity contribution in [2.75, 3.05) is 10.6 Å². The van der Waals surface area contributed by atoms with Crippen molar-refractivity contribution in [3.05, 3.63) is 70.9 Å². The minimum atomic E-state index is -0.719. The minimum Gasteiger partial charge on any atom is -0.399 e. The number of nitrogens with two attached hydrogens (primary N) is 1. The fourth-order valence-electron chi connectivity index (χ4n) is 2.25.